The number of ether oxygens (including phenoxy) is 4. The summed E-state index contributed by atoms with van der Waals surface area (Å²) >= 11 is 0. The number of methoxy groups -OCH3 is 1. The molecule has 26 heavy (non-hydrogen) atoms. The number of sulfonamides is 1. The zero-order chi connectivity index (χ0) is 18.1. The van der Waals surface area contributed by atoms with Crippen LogP contribution in [-0.4, -0.2) is 46.3 Å². The molecule has 8 heteroatoms. The number of morpholine rings is 1. The Bertz CT molecular complexity index is 896. The molecule has 0 N–H and O–H groups in total. The average Bonchev–Trinajstić information content (AvgIpc) is 3.16. The van der Waals surface area contributed by atoms with Crippen LogP contribution in [0.1, 0.15) is 11.7 Å². The Morgan fingerprint density at radius 2 is 1.85 bits per heavy atom. The minimum absolute atomic E-state index is 0.107. The van der Waals surface area contributed by atoms with Crippen LogP contribution in [0.2, 0.25) is 0 Å². The molecule has 0 radical (unpaired) electrons. The van der Waals surface area contributed by atoms with Crippen molar-refractivity contribution in [3.8, 4) is 17.2 Å². The molecule has 7 nitrogen and oxygen atoms in total. The second-order valence-electron chi connectivity index (χ2n) is 6.01. The summed E-state index contributed by atoms with van der Waals surface area (Å²) in [5, 5.41) is 0. The van der Waals surface area contributed by atoms with E-state index in [4.69, 9.17) is 18.9 Å². The molecular formula is C18H19NO6S. The van der Waals surface area contributed by atoms with Crippen molar-refractivity contribution in [2.75, 3.05) is 33.6 Å². The van der Waals surface area contributed by atoms with E-state index < -0.39 is 10.0 Å². The Hall–Kier alpha value is -2.29. The van der Waals surface area contributed by atoms with Gasteiger partial charge in [0.1, 0.15) is 5.75 Å². The predicted molar refractivity (Wildman–Crippen MR) is 93.0 cm³/mol. The highest BCUT2D eigenvalue weighted by molar-refractivity contribution is 7.89. The van der Waals surface area contributed by atoms with E-state index in [1.807, 2.05) is 24.3 Å². The second-order valence-corrected chi connectivity index (χ2v) is 7.95. The molecule has 1 unspecified atom stereocenters. The molecule has 2 aromatic rings. The Balaban J connectivity index is 1.56. The topological polar surface area (TPSA) is 74.3 Å². The molecule has 1 saturated heterocycles. The largest absolute Gasteiger partial charge is 0.497 e. The van der Waals surface area contributed by atoms with Gasteiger partial charge in [0.2, 0.25) is 16.8 Å². The summed E-state index contributed by atoms with van der Waals surface area (Å²) < 4.78 is 49.0. The number of hydrogen-bond acceptors (Lipinski definition) is 6. The summed E-state index contributed by atoms with van der Waals surface area (Å²) in [6.07, 6.45) is -0.321. The Kier molecular flexibility index (Phi) is 4.47. The minimum atomic E-state index is -3.64. The normalized spacial score (nSPS) is 20.1. The van der Waals surface area contributed by atoms with Crippen LogP contribution in [0.5, 0.6) is 17.2 Å². The van der Waals surface area contributed by atoms with E-state index >= 15 is 0 Å². The van der Waals surface area contributed by atoms with Gasteiger partial charge < -0.3 is 18.9 Å². The minimum Gasteiger partial charge on any atom is -0.497 e. The summed E-state index contributed by atoms with van der Waals surface area (Å²) in [6, 6.07) is 12.1. The summed E-state index contributed by atoms with van der Waals surface area (Å²) in [6.45, 7) is 1.00. The molecule has 0 saturated carbocycles. The predicted octanol–water partition coefficient (Wildman–Crippen LogP) is 2.19. The van der Waals surface area contributed by atoms with E-state index in [1.165, 1.54) is 10.4 Å². The smallest absolute Gasteiger partial charge is 0.243 e. The van der Waals surface area contributed by atoms with Crippen molar-refractivity contribution in [2.45, 2.75) is 11.0 Å². The SMILES string of the molecule is COc1ccc(C2CN(S(=O)(=O)c3ccc4c(c3)OCO4)CCO2)cc1. The maximum Gasteiger partial charge on any atom is 0.243 e. The van der Waals surface area contributed by atoms with Crippen molar-refractivity contribution >= 4 is 10.0 Å². The highest BCUT2D eigenvalue weighted by Gasteiger charge is 2.32. The third kappa shape index (κ3) is 3.11. The molecule has 1 atom stereocenters. The monoisotopic (exact) mass is 377 g/mol. The van der Waals surface area contributed by atoms with Gasteiger partial charge in [-0.25, -0.2) is 8.42 Å². The van der Waals surface area contributed by atoms with E-state index in [-0.39, 0.29) is 24.3 Å². The van der Waals surface area contributed by atoms with E-state index in [1.54, 1.807) is 19.2 Å². The van der Waals surface area contributed by atoms with Gasteiger partial charge in [-0.15, -0.1) is 0 Å². The lowest BCUT2D eigenvalue weighted by Crippen LogP contribution is -2.42. The van der Waals surface area contributed by atoms with Gasteiger partial charge in [0.25, 0.3) is 0 Å². The van der Waals surface area contributed by atoms with Crippen molar-refractivity contribution < 1.29 is 27.4 Å². The first kappa shape index (κ1) is 17.1. The van der Waals surface area contributed by atoms with Crippen LogP contribution in [-0.2, 0) is 14.8 Å². The molecular weight excluding hydrogens is 358 g/mol. The quantitative estimate of drug-likeness (QED) is 0.813. The van der Waals surface area contributed by atoms with Gasteiger partial charge >= 0.3 is 0 Å². The van der Waals surface area contributed by atoms with Crippen LogP contribution >= 0.6 is 0 Å². The Labute approximate surface area is 152 Å². The van der Waals surface area contributed by atoms with E-state index in [9.17, 15) is 8.42 Å². The van der Waals surface area contributed by atoms with E-state index in [0.29, 0.717) is 24.7 Å². The first-order valence-electron chi connectivity index (χ1n) is 8.23. The molecule has 0 aliphatic carbocycles. The van der Waals surface area contributed by atoms with Crippen LogP contribution in [0.4, 0.5) is 0 Å². The fourth-order valence-electron chi connectivity index (χ4n) is 3.05. The maximum atomic E-state index is 13.0. The van der Waals surface area contributed by atoms with Crippen LogP contribution in [0, 0.1) is 0 Å². The third-order valence-corrected chi connectivity index (χ3v) is 6.36. The molecule has 138 valence electrons. The van der Waals surface area contributed by atoms with E-state index in [0.717, 1.165) is 11.3 Å². The average molecular weight is 377 g/mol. The highest BCUT2D eigenvalue weighted by Crippen LogP contribution is 2.35. The van der Waals surface area contributed by atoms with Crippen LogP contribution < -0.4 is 14.2 Å². The third-order valence-electron chi connectivity index (χ3n) is 4.50. The molecule has 4 rings (SSSR count). The Morgan fingerprint density at radius 3 is 2.62 bits per heavy atom. The van der Waals surface area contributed by atoms with Crippen molar-refractivity contribution in [3.05, 3.63) is 48.0 Å². The lowest BCUT2D eigenvalue weighted by Gasteiger charge is -2.32. The number of hydrogen-bond donors (Lipinski definition) is 0. The molecule has 0 aromatic heterocycles. The van der Waals surface area contributed by atoms with Crippen molar-refractivity contribution in [1.29, 1.82) is 0 Å². The molecule has 0 amide bonds. The molecule has 0 spiro atoms. The fraction of sp³-hybridized carbons (Fsp3) is 0.333. The van der Waals surface area contributed by atoms with Crippen molar-refractivity contribution in [3.63, 3.8) is 0 Å². The molecule has 0 bridgehead atoms. The van der Waals surface area contributed by atoms with Crippen LogP contribution in [0.25, 0.3) is 0 Å². The molecule has 2 heterocycles. The van der Waals surface area contributed by atoms with E-state index in [2.05, 4.69) is 0 Å². The zero-order valence-corrected chi connectivity index (χ0v) is 15.1. The summed E-state index contributed by atoms with van der Waals surface area (Å²) in [7, 11) is -2.04. The van der Waals surface area contributed by atoms with Crippen molar-refractivity contribution in [2.24, 2.45) is 0 Å². The van der Waals surface area contributed by atoms with Crippen molar-refractivity contribution in [1.82, 2.24) is 4.31 Å². The second kappa shape index (κ2) is 6.79. The summed E-state index contributed by atoms with van der Waals surface area (Å²) in [4.78, 5) is 0.192. The first-order valence-corrected chi connectivity index (χ1v) is 9.67. The lowest BCUT2D eigenvalue weighted by molar-refractivity contribution is -0.00257. The summed E-state index contributed by atoms with van der Waals surface area (Å²) in [5.74, 6) is 1.75. The summed E-state index contributed by atoms with van der Waals surface area (Å²) in [5.41, 5.74) is 0.913. The van der Waals surface area contributed by atoms with Crippen LogP contribution in [0.3, 0.4) is 0 Å². The standard InChI is InChI=1S/C18H19NO6S/c1-22-14-4-2-13(3-5-14)18-11-19(8-9-23-18)26(20,21)15-6-7-16-17(10-15)25-12-24-16/h2-7,10,18H,8-9,11-12H2,1H3. The lowest BCUT2D eigenvalue weighted by atomic mass is 10.1. The van der Waals surface area contributed by atoms with Gasteiger partial charge in [-0.2, -0.15) is 4.31 Å². The van der Waals surface area contributed by atoms with Gasteiger partial charge in [0.05, 0.1) is 24.7 Å². The Morgan fingerprint density at radius 1 is 1.08 bits per heavy atom. The van der Waals surface area contributed by atoms with Crippen LogP contribution in [0.15, 0.2) is 47.4 Å². The maximum absolute atomic E-state index is 13.0. The van der Waals surface area contributed by atoms with Gasteiger partial charge in [0.15, 0.2) is 11.5 Å². The van der Waals surface area contributed by atoms with Gasteiger partial charge in [-0.05, 0) is 29.8 Å². The highest BCUT2D eigenvalue weighted by atomic mass is 32.2. The zero-order valence-electron chi connectivity index (χ0n) is 14.3. The molecule has 2 aliphatic rings. The fourth-order valence-corrected chi connectivity index (χ4v) is 4.49. The molecule has 2 aliphatic heterocycles. The first-order chi connectivity index (χ1) is 12.6. The van der Waals surface area contributed by atoms with Gasteiger partial charge in [-0.1, -0.05) is 12.1 Å². The number of fused-ring (bicyclic) bond motifs is 1. The number of benzene rings is 2. The number of nitrogens with zero attached hydrogens (tertiary/aromatic N) is 1. The van der Waals surface area contributed by atoms with Gasteiger partial charge in [-0.3, -0.25) is 0 Å². The van der Waals surface area contributed by atoms with Gasteiger partial charge in [0, 0.05) is 19.2 Å². The molecule has 2 aromatic carbocycles. The molecule has 1 fully saturated rings. The number of rotatable bonds is 4.